The number of carbonyl (C=O) groups excluding carboxylic acids is 1. The molecule has 0 bridgehead atoms. The normalized spacial score (nSPS) is 11.8. The van der Waals surface area contributed by atoms with Gasteiger partial charge in [0, 0.05) is 16.6 Å². The summed E-state index contributed by atoms with van der Waals surface area (Å²) < 4.78 is 34.0. The highest BCUT2D eigenvalue weighted by Gasteiger charge is 2.22. The molecule has 0 spiro atoms. The number of carboxylic acid groups (broad SMARTS) is 1. The standard InChI is InChI=1S/C30H22N6O8S/c31-18-8-5-17-13-26(45(42,43)44)27(28(38)21(17)14-18)36-35-24-4-2-1-3-23(24)32-29(39)16-6-9-19(10-7-16)33-34-20-11-12-25(37)22(15-20)30(40)41/h1-15,37-38H,31H2,(H,32,39)(H,40,41)(H,42,43,44). The molecule has 45 heavy (non-hydrogen) atoms. The number of nitrogens with one attached hydrogen (secondary N) is 1. The Hall–Kier alpha value is -6.19. The molecule has 5 aromatic rings. The fourth-order valence-electron chi connectivity index (χ4n) is 4.17. The second-order valence-electron chi connectivity index (χ2n) is 9.45. The third-order valence-electron chi connectivity index (χ3n) is 6.39. The number of phenols is 2. The molecule has 1 amide bonds. The number of fused-ring (bicyclic) bond motifs is 1. The fraction of sp³-hybridized carbons (Fsp3) is 0. The number of para-hydroxylation sites is 1. The maximum atomic E-state index is 13.0. The Morgan fingerprint density at radius 2 is 1.47 bits per heavy atom. The second kappa shape index (κ2) is 12.2. The number of nitrogens with zero attached hydrogens (tertiary/aromatic N) is 4. The first-order chi connectivity index (χ1) is 21.4. The fourth-order valence-corrected chi connectivity index (χ4v) is 4.83. The molecule has 0 aliphatic carbocycles. The van der Waals surface area contributed by atoms with E-state index >= 15 is 0 Å². The molecule has 5 aromatic carbocycles. The molecule has 0 radical (unpaired) electrons. The summed E-state index contributed by atoms with van der Waals surface area (Å²) in [5.74, 6) is -2.82. The Morgan fingerprint density at radius 3 is 2.18 bits per heavy atom. The van der Waals surface area contributed by atoms with Crippen LogP contribution in [0.4, 0.5) is 34.1 Å². The summed E-state index contributed by atoms with van der Waals surface area (Å²) in [5, 5.41) is 48.7. The predicted octanol–water partition coefficient (Wildman–Crippen LogP) is 6.86. The third kappa shape index (κ3) is 6.74. The van der Waals surface area contributed by atoms with Gasteiger partial charge in [0.2, 0.25) is 0 Å². The Labute approximate surface area is 254 Å². The molecule has 0 aromatic heterocycles. The van der Waals surface area contributed by atoms with Gasteiger partial charge in [-0.15, -0.1) is 10.2 Å². The van der Waals surface area contributed by atoms with Crippen LogP contribution in [0.2, 0.25) is 0 Å². The number of carboxylic acids is 1. The SMILES string of the molecule is Nc1ccc2cc(S(=O)(=O)O)c(N=Nc3ccccc3NC(=O)c3ccc(N=Nc4ccc(O)c(C(=O)O)c4)cc3)c(O)c2c1. The molecule has 0 aliphatic heterocycles. The van der Waals surface area contributed by atoms with Gasteiger partial charge in [-0.1, -0.05) is 18.2 Å². The topological polar surface area (TPSA) is 237 Å². The van der Waals surface area contributed by atoms with E-state index in [9.17, 15) is 32.8 Å². The van der Waals surface area contributed by atoms with Gasteiger partial charge in [-0.3, -0.25) is 9.35 Å². The molecular formula is C30H22N6O8S. The van der Waals surface area contributed by atoms with Crippen molar-refractivity contribution in [2.24, 2.45) is 20.5 Å². The number of phenolic OH excluding ortho intramolecular Hbond substituents is 1. The quantitative estimate of drug-likeness (QED) is 0.0598. The van der Waals surface area contributed by atoms with Gasteiger partial charge in [0.25, 0.3) is 16.0 Å². The first-order valence-corrected chi connectivity index (χ1v) is 14.3. The van der Waals surface area contributed by atoms with Gasteiger partial charge in [-0.2, -0.15) is 18.6 Å². The summed E-state index contributed by atoms with van der Waals surface area (Å²) in [6.45, 7) is 0. The number of hydrogen-bond donors (Lipinski definition) is 6. The zero-order valence-corrected chi connectivity index (χ0v) is 23.7. The summed E-state index contributed by atoms with van der Waals surface area (Å²) in [6, 6.07) is 21.5. The number of rotatable bonds is 8. The average molecular weight is 627 g/mol. The van der Waals surface area contributed by atoms with Crippen molar-refractivity contribution in [3.8, 4) is 11.5 Å². The maximum Gasteiger partial charge on any atom is 0.339 e. The molecule has 0 saturated carbocycles. The van der Waals surface area contributed by atoms with Crippen molar-refractivity contribution in [1.82, 2.24) is 0 Å². The lowest BCUT2D eigenvalue weighted by Gasteiger charge is -2.10. The molecule has 15 heteroatoms. The highest BCUT2D eigenvalue weighted by atomic mass is 32.2. The van der Waals surface area contributed by atoms with E-state index in [2.05, 4.69) is 25.8 Å². The second-order valence-corrected chi connectivity index (χ2v) is 10.8. The van der Waals surface area contributed by atoms with Crippen LogP contribution in [0.25, 0.3) is 10.8 Å². The van der Waals surface area contributed by atoms with Gasteiger partial charge in [0.05, 0.1) is 17.1 Å². The lowest BCUT2D eigenvalue weighted by atomic mass is 10.1. The van der Waals surface area contributed by atoms with Crippen LogP contribution >= 0.6 is 0 Å². The number of aromatic hydroxyl groups is 2. The Morgan fingerprint density at radius 1 is 0.778 bits per heavy atom. The largest absolute Gasteiger partial charge is 0.507 e. The minimum Gasteiger partial charge on any atom is -0.507 e. The van der Waals surface area contributed by atoms with Crippen LogP contribution in [0.15, 0.2) is 116 Å². The van der Waals surface area contributed by atoms with Gasteiger partial charge in [-0.25, -0.2) is 4.79 Å². The number of nitrogens with two attached hydrogens (primary N) is 1. The number of benzene rings is 5. The molecule has 0 atom stereocenters. The van der Waals surface area contributed by atoms with E-state index in [1.54, 1.807) is 12.1 Å². The summed E-state index contributed by atoms with van der Waals surface area (Å²) in [4.78, 5) is 23.5. The zero-order chi connectivity index (χ0) is 32.3. The highest BCUT2D eigenvalue weighted by Crippen LogP contribution is 2.42. The highest BCUT2D eigenvalue weighted by molar-refractivity contribution is 7.86. The predicted molar refractivity (Wildman–Crippen MR) is 164 cm³/mol. The molecule has 0 heterocycles. The molecule has 14 nitrogen and oxygen atoms in total. The molecule has 0 unspecified atom stereocenters. The Balaban J connectivity index is 1.37. The lowest BCUT2D eigenvalue weighted by Crippen LogP contribution is -2.11. The number of nitrogen functional groups attached to an aromatic ring is 1. The zero-order valence-electron chi connectivity index (χ0n) is 22.9. The van der Waals surface area contributed by atoms with E-state index < -0.39 is 44.1 Å². The van der Waals surface area contributed by atoms with Gasteiger partial charge in [-0.05, 0) is 78.2 Å². The monoisotopic (exact) mass is 626 g/mol. The van der Waals surface area contributed by atoms with Crippen molar-refractivity contribution >= 4 is 66.9 Å². The first-order valence-electron chi connectivity index (χ1n) is 12.8. The summed E-state index contributed by atoms with van der Waals surface area (Å²) in [6.07, 6.45) is 0. The Bertz CT molecular complexity index is 2150. The molecule has 0 fully saturated rings. The minimum absolute atomic E-state index is 0.110. The molecular weight excluding hydrogens is 604 g/mol. The molecule has 0 aliphatic rings. The van der Waals surface area contributed by atoms with Gasteiger partial charge >= 0.3 is 5.97 Å². The molecule has 0 saturated heterocycles. The first kappa shape index (κ1) is 30.3. The van der Waals surface area contributed by atoms with Crippen molar-refractivity contribution in [3.63, 3.8) is 0 Å². The molecule has 5 rings (SSSR count). The summed E-state index contributed by atoms with van der Waals surface area (Å²) in [5.41, 5.74) is 6.36. The number of hydrogen-bond acceptors (Lipinski definition) is 11. The van der Waals surface area contributed by atoms with Crippen LogP contribution in [-0.4, -0.2) is 40.2 Å². The number of amides is 1. The van der Waals surface area contributed by atoms with Crippen LogP contribution < -0.4 is 11.1 Å². The number of aromatic carboxylic acids is 1. The van der Waals surface area contributed by atoms with E-state index in [1.807, 2.05) is 0 Å². The van der Waals surface area contributed by atoms with E-state index in [0.717, 1.165) is 6.07 Å². The number of anilines is 2. The lowest BCUT2D eigenvalue weighted by molar-refractivity contribution is 0.0693. The number of azo groups is 2. The molecule has 226 valence electrons. The molecule has 7 N–H and O–H groups in total. The van der Waals surface area contributed by atoms with E-state index in [-0.39, 0.29) is 33.6 Å². The van der Waals surface area contributed by atoms with Crippen LogP contribution in [0.3, 0.4) is 0 Å². The van der Waals surface area contributed by atoms with Gasteiger partial charge < -0.3 is 26.4 Å². The van der Waals surface area contributed by atoms with E-state index in [0.29, 0.717) is 16.8 Å². The van der Waals surface area contributed by atoms with E-state index in [4.69, 9.17) is 10.8 Å². The maximum absolute atomic E-state index is 13.0. The summed E-state index contributed by atoms with van der Waals surface area (Å²) >= 11 is 0. The van der Waals surface area contributed by atoms with Gasteiger partial charge in [0.15, 0.2) is 5.75 Å². The van der Waals surface area contributed by atoms with Crippen LogP contribution in [0.1, 0.15) is 20.7 Å². The van der Waals surface area contributed by atoms with Crippen LogP contribution in [-0.2, 0) is 10.1 Å². The van der Waals surface area contributed by atoms with Crippen molar-refractivity contribution in [2.75, 3.05) is 11.1 Å². The van der Waals surface area contributed by atoms with Crippen molar-refractivity contribution < 1.29 is 37.9 Å². The van der Waals surface area contributed by atoms with Crippen molar-refractivity contribution in [1.29, 1.82) is 0 Å². The smallest absolute Gasteiger partial charge is 0.339 e. The average Bonchev–Trinajstić information content (AvgIpc) is 3.00. The third-order valence-corrected chi connectivity index (χ3v) is 7.25. The summed E-state index contributed by atoms with van der Waals surface area (Å²) in [7, 11) is -4.82. The van der Waals surface area contributed by atoms with Crippen molar-refractivity contribution in [3.05, 3.63) is 102 Å². The van der Waals surface area contributed by atoms with E-state index in [1.165, 1.54) is 72.8 Å². The van der Waals surface area contributed by atoms with Crippen LogP contribution in [0, 0.1) is 0 Å². The Kier molecular flexibility index (Phi) is 8.21. The number of carbonyl (C=O) groups is 2. The minimum atomic E-state index is -4.82. The van der Waals surface area contributed by atoms with Gasteiger partial charge in [0.1, 0.15) is 27.6 Å². The van der Waals surface area contributed by atoms with Crippen LogP contribution in [0.5, 0.6) is 11.5 Å². The van der Waals surface area contributed by atoms with Crippen molar-refractivity contribution in [2.45, 2.75) is 4.90 Å².